The first kappa shape index (κ1) is 21.0. The third-order valence-corrected chi connectivity index (χ3v) is 5.73. The SMILES string of the molecule is O=C(CCc1ccc(F)cc1)N1CCN(c2ccccc2)C[C@@H](Cc2cnccn2)C1. The molecule has 160 valence electrons. The second-order valence-corrected chi connectivity index (χ2v) is 8.01. The largest absolute Gasteiger partial charge is 0.369 e. The Morgan fingerprint density at radius 1 is 1.00 bits per heavy atom. The van der Waals surface area contributed by atoms with Gasteiger partial charge in [-0.2, -0.15) is 0 Å². The number of aromatic nitrogens is 2. The van der Waals surface area contributed by atoms with Crippen molar-refractivity contribution in [2.24, 2.45) is 5.92 Å². The second kappa shape index (κ2) is 10.2. The fraction of sp³-hybridized carbons (Fsp3) is 0.320. The summed E-state index contributed by atoms with van der Waals surface area (Å²) in [6.07, 6.45) is 7.02. The normalized spacial score (nSPS) is 16.7. The van der Waals surface area contributed by atoms with Crippen molar-refractivity contribution in [1.29, 1.82) is 0 Å². The highest BCUT2D eigenvalue weighted by Crippen LogP contribution is 2.21. The number of anilines is 1. The standard InChI is InChI=1S/C25H27FN4O/c26-22-9-6-20(7-10-22)8-11-25(31)30-15-14-29(24-4-2-1-3-5-24)18-21(19-30)16-23-17-27-12-13-28-23/h1-7,9-10,12-13,17,21H,8,11,14-16,18-19H2/t21-/m1/s1. The van der Waals surface area contributed by atoms with E-state index in [1.54, 1.807) is 30.7 Å². The molecule has 31 heavy (non-hydrogen) atoms. The Labute approximate surface area is 182 Å². The highest BCUT2D eigenvalue weighted by molar-refractivity contribution is 5.76. The van der Waals surface area contributed by atoms with Gasteiger partial charge in [-0.1, -0.05) is 30.3 Å². The maximum atomic E-state index is 13.1. The molecule has 0 radical (unpaired) electrons. The van der Waals surface area contributed by atoms with E-state index < -0.39 is 0 Å². The molecule has 0 saturated carbocycles. The number of hydrogen-bond donors (Lipinski definition) is 0. The average molecular weight is 419 g/mol. The number of nitrogens with zero attached hydrogens (tertiary/aromatic N) is 4. The summed E-state index contributed by atoms with van der Waals surface area (Å²) in [6.45, 7) is 3.04. The van der Waals surface area contributed by atoms with E-state index in [0.717, 1.165) is 30.8 Å². The van der Waals surface area contributed by atoms with E-state index in [9.17, 15) is 9.18 Å². The van der Waals surface area contributed by atoms with Crippen molar-refractivity contribution in [1.82, 2.24) is 14.9 Å². The van der Waals surface area contributed by atoms with Crippen LogP contribution in [0.15, 0.2) is 73.2 Å². The zero-order valence-corrected chi connectivity index (χ0v) is 17.5. The van der Waals surface area contributed by atoms with Crippen LogP contribution in [0.25, 0.3) is 0 Å². The molecule has 1 aromatic heterocycles. The van der Waals surface area contributed by atoms with Crippen molar-refractivity contribution in [3.8, 4) is 0 Å². The Morgan fingerprint density at radius 3 is 2.55 bits per heavy atom. The molecule has 0 unspecified atom stereocenters. The number of para-hydroxylation sites is 1. The lowest BCUT2D eigenvalue weighted by molar-refractivity contribution is -0.131. The minimum atomic E-state index is -0.254. The lowest BCUT2D eigenvalue weighted by Crippen LogP contribution is -2.36. The van der Waals surface area contributed by atoms with E-state index in [1.165, 1.54) is 17.8 Å². The summed E-state index contributed by atoms with van der Waals surface area (Å²) in [4.78, 5) is 26.0. The molecule has 2 aromatic carbocycles. The first-order valence-electron chi connectivity index (χ1n) is 10.7. The Bertz CT molecular complexity index is 966. The van der Waals surface area contributed by atoms with E-state index >= 15 is 0 Å². The van der Waals surface area contributed by atoms with Gasteiger partial charge in [-0.15, -0.1) is 0 Å². The smallest absolute Gasteiger partial charge is 0.222 e. The van der Waals surface area contributed by atoms with E-state index in [2.05, 4.69) is 27.0 Å². The van der Waals surface area contributed by atoms with E-state index in [0.29, 0.717) is 25.9 Å². The number of aryl methyl sites for hydroxylation is 1. The van der Waals surface area contributed by atoms with Gasteiger partial charge < -0.3 is 9.80 Å². The maximum Gasteiger partial charge on any atom is 0.222 e. The van der Waals surface area contributed by atoms with Crippen LogP contribution in [0.1, 0.15) is 17.7 Å². The van der Waals surface area contributed by atoms with Gasteiger partial charge in [-0.05, 0) is 48.6 Å². The zero-order chi connectivity index (χ0) is 21.5. The zero-order valence-electron chi connectivity index (χ0n) is 17.5. The summed E-state index contributed by atoms with van der Waals surface area (Å²) in [6, 6.07) is 16.7. The van der Waals surface area contributed by atoms with Crippen LogP contribution in [0.2, 0.25) is 0 Å². The average Bonchev–Trinajstić information content (AvgIpc) is 3.02. The molecule has 0 aliphatic carbocycles. The lowest BCUT2D eigenvalue weighted by Gasteiger charge is -2.25. The van der Waals surface area contributed by atoms with Gasteiger partial charge >= 0.3 is 0 Å². The Hall–Kier alpha value is -3.28. The van der Waals surface area contributed by atoms with Gasteiger partial charge in [0.05, 0.1) is 5.69 Å². The van der Waals surface area contributed by atoms with Crippen molar-refractivity contribution in [2.45, 2.75) is 19.3 Å². The molecule has 6 heteroatoms. The van der Waals surface area contributed by atoms with Gasteiger partial charge in [0.15, 0.2) is 0 Å². The third kappa shape index (κ3) is 5.87. The molecule has 1 amide bonds. The Balaban J connectivity index is 1.45. The number of hydrogen-bond acceptors (Lipinski definition) is 4. The molecule has 0 bridgehead atoms. The molecule has 1 aliphatic heterocycles. The number of rotatable bonds is 6. The van der Waals surface area contributed by atoms with Gasteiger partial charge in [-0.25, -0.2) is 4.39 Å². The summed E-state index contributed by atoms with van der Waals surface area (Å²) < 4.78 is 13.1. The first-order chi connectivity index (χ1) is 15.2. The van der Waals surface area contributed by atoms with Crippen LogP contribution in [0.4, 0.5) is 10.1 Å². The summed E-state index contributed by atoms with van der Waals surface area (Å²) in [7, 11) is 0. The van der Waals surface area contributed by atoms with Crippen LogP contribution < -0.4 is 4.90 Å². The van der Waals surface area contributed by atoms with Crippen molar-refractivity contribution < 1.29 is 9.18 Å². The van der Waals surface area contributed by atoms with Crippen LogP contribution in [-0.2, 0) is 17.6 Å². The quantitative estimate of drug-likeness (QED) is 0.612. The van der Waals surface area contributed by atoms with E-state index in [-0.39, 0.29) is 17.6 Å². The minimum Gasteiger partial charge on any atom is -0.369 e. The fourth-order valence-corrected chi connectivity index (χ4v) is 4.13. The molecular formula is C25H27FN4O. The number of amides is 1. The van der Waals surface area contributed by atoms with Crippen molar-refractivity contribution in [3.05, 3.63) is 90.3 Å². The molecule has 0 spiro atoms. The molecule has 5 nitrogen and oxygen atoms in total. The predicted octanol–water partition coefficient (Wildman–Crippen LogP) is 3.76. The van der Waals surface area contributed by atoms with Gasteiger partial charge in [0.1, 0.15) is 5.82 Å². The summed E-state index contributed by atoms with van der Waals surface area (Å²) >= 11 is 0. The molecule has 3 aromatic rings. The molecule has 1 saturated heterocycles. The topological polar surface area (TPSA) is 49.3 Å². The molecule has 1 atom stereocenters. The number of halogens is 1. The van der Waals surface area contributed by atoms with Gasteiger partial charge in [-0.3, -0.25) is 14.8 Å². The summed E-state index contributed by atoms with van der Waals surface area (Å²) in [5, 5.41) is 0. The second-order valence-electron chi connectivity index (χ2n) is 8.01. The van der Waals surface area contributed by atoms with Crippen LogP contribution in [0.5, 0.6) is 0 Å². The van der Waals surface area contributed by atoms with Crippen molar-refractivity contribution >= 4 is 11.6 Å². The number of carbonyl (C=O) groups excluding carboxylic acids is 1. The number of carbonyl (C=O) groups is 1. The predicted molar refractivity (Wildman–Crippen MR) is 119 cm³/mol. The molecule has 0 N–H and O–H groups in total. The van der Waals surface area contributed by atoms with Gasteiger partial charge in [0.2, 0.25) is 5.91 Å². The first-order valence-corrected chi connectivity index (χ1v) is 10.7. The highest BCUT2D eigenvalue weighted by Gasteiger charge is 2.26. The maximum absolute atomic E-state index is 13.1. The molecule has 4 rings (SSSR count). The van der Waals surface area contributed by atoms with Crippen molar-refractivity contribution in [3.63, 3.8) is 0 Å². The molecular weight excluding hydrogens is 391 g/mol. The van der Waals surface area contributed by atoms with Crippen LogP contribution >= 0.6 is 0 Å². The molecule has 1 aliphatic rings. The van der Waals surface area contributed by atoms with Crippen LogP contribution in [-0.4, -0.2) is 47.0 Å². The summed E-state index contributed by atoms with van der Waals surface area (Å²) in [5.74, 6) is 0.146. The highest BCUT2D eigenvalue weighted by atomic mass is 19.1. The minimum absolute atomic E-state index is 0.142. The fourth-order valence-electron chi connectivity index (χ4n) is 4.13. The third-order valence-electron chi connectivity index (χ3n) is 5.73. The lowest BCUT2D eigenvalue weighted by atomic mass is 10.0. The Kier molecular flexibility index (Phi) is 6.87. The van der Waals surface area contributed by atoms with Crippen LogP contribution in [0.3, 0.4) is 0 Å². The van der Waals surface area contributed by atoms with Gasteiger partial charge in [0, 0.05) is 56.9 Å². The monoisotopic (exact) mass is 418 g/mol. The van der Waals surface area contributed by atoms with E-state index in [4.69, 9.17) is 0 Å². The number of benzene rings is 2. The van der Waals surface area contributed by atoms with Gasteiger partial charge in [0.25, 0.3) is 0 Å². The van der Waals surface area contributed by atoms with E-state index in [1.807, 2.05) is 23.1 Å². The van der Waals surface area contributed by atoms with Crippen molar-refractivity contribution in [2.75, 3.05) is 31.1 Å². The molecule has 1 fully saturated rings. The summed E-state index contributed by atoms with van der Waals surface area (Å²) in [5.41, 5.74) is 3.10. The Morgan fingerprint density at radius 2 is 1.81 bits per heavy atom. The van der Waals surface area contributed by atoms with Crippen LogP contribution in [0, 0.1) is 11.7 Å². The molecule has 2 heterocycles.